The zero-order valence-electron chi connectivity index (χ0n) is 18.3. The largest absolute Gasteiger partial charge is 0.471 e. The third kappa shape index (κ3) is 8.71. The summed E-state index contributed by atoms with van der Waals surface area (Å²) in [6, 6.07) is 3.28. The fourth-order valence-corrected chi connectivity index (χ4v) is 3.29. The van der Waals surface area contributed by atoms with Gasteiger partial charge < -0.3 is 35.4 Å². The number of hydrogen-bond donors (Lipinski definition) is 5. The molecule has 14 heteroatoms. The lowest BCUT2D eigenvalue weighted by atomic mass is 10.1. The predicted octanol–water partition coefficient (Wildman–Crippen LogP) is 2.50. The number of allylic oxidation sites excluding steroid dienone is 4. The molecule has 1 aliphatic heterocycles. The van der Waals surface area contributed by atoms with Crippen molar-refractivity contribution in [3.63, 3.8) is 0 Å². The van der Waals surface area contributed by atoms with Gasteiger partial charge >= 0.3 is 7.82 Å². The van der Waals surface area contributed by atoms with Crippen LogP contribution in [0.1, 0.15) is 17.0 Å². The molecule has 11 nitrogen and oxygen atoms in total. The van der Waals surface area contributed by atoms with Gasteiger partial charge in [0.1, 0.15) is 13.0 Å². The fraction of sp³-hybridized carbons (Fsp3) is 0.238. The van der Waals surface area contributed by atoms with Crippen LogP contribution < -0.4 is 16.4 Å². The van der Waals surface area contributed by atoms with Crippen molar-refractivity contribution in [2.24, 2.45) is 5.73 Å². The number of hydrogen-bond acceptors (Lipinski definition) is 9. The van der Waals surface area contributed by atoms with Gasteiger partial charge in [0.2, 0.25) is 0 Å². The van der Waals surface area contributed by atoms with E-state index >= 15 is 0 Å². The summed E-state index contributed by atoms with van der Waals surface area (Å²) in [7, 11) is -4.52. The Morgan fingerprint density at radius 1 is 1.46 bits per heavy atom. The number of pyridine rings is 1. The second-order valence-electron chi connectivity index (χ2n) is 7.13. The van der Waals surface area contributed by atoms with Crippen LogP contribution in [0.3, 0.4) is 0 Å². The lowest BCUT2D eigenvalue weighted by Crippen LogP contribution is -2.28. The standard InChI is InChI=1S/C21H24ClFN5O6P/c22-21-20(23)16(5-7-26-21)12-32-19-4-3-14(11-27-19)8-17-9-18(34-28-17)15(10-24)2-1-6-25-13-33-35(29,30)31/h1-7,9,11,19,25,27H,8,10,12-13,24H2,(H2,29,30,31)/b6-1-,15-2+. The Bertz CT molecular complexity index is 1180. The average molecular weight is 528 g/mol. The zero-order chi connectivity index (χ0) is 25.3. The SMILES string of the molecule is NC/C(=C\C=C/NCOP(=O)(O)O)c1cc(CC2=CNC(OCc3ccnc(Cl)c3F)C=C2)no1. The predicted molar refractivity (Wildman–Crippen MR) is 126 cm³/mol. The molecule has 1 atom stereocenters. The van der Waals surface area contributed by atoms with Crippen LogP contribution >= 0.6 is 19.4 Å². The summed E-state index contributed by atoms with van der Waals surface area (Å²) in [6.07, 6.45) is 11.6. The lowest BCUT2D eigenvalue weighted by Gasteiger charge is -2.19. The average Bonchev–Trinajstić information content (AvgIpc) is 3.28. The monoisotopic (exact) mass is 527 g/mol. The summed E-state index contributed by atoms with van der Waals surface area (Å²) in [5, 5.41) is 9.53. The first-order chi connectivity index (χ1) is 16.7. The van der Waals surface area contributed by atoms with Crippen LogP contribution in [0.4, 0.5) is 4.39 Å². The fourth-order valence-electron chi connectivity index (χ4n) is 2.87. The highest BCUT2D eigenvalue weighted by Gasteiger charge is 2.14. The lowest BCUT2D eigenvalue weighted by molar-refractivity contribution is 0.0560. The molecule has 0 bridgehead atoms. The molecule has 0 saturated carbocycles. The van der Waals surface area contributed by atoms with Crippen LogP contribution in [-0.2, 0) is 26.9 Å². The Kier molecular flexibility index (Phi) is 9.75. The van der Waals surface area contributed by atoms with Crippen molar-refractivity contribution in [3.05, 3.63) is 88.6 Å². The van der Waals surface area contributed by atoms with Gasteiger partial charge in [-0.3, -0.25) is 4.52 Å². The van der Waals surface area contributed by atoms with Gasteiger partial charge in [0, 0.05) is 42.6 Å². The smallest absolute Gasteiger partial charge is 0.368 e. The first-order valence-corrected chi connectivity index (χ1v) is 12.1. The Hall–Kier alpha value is -2.83. The van der Waals surface area contributed by atoms with Gasteiger partial charge in [0.05, 0.1) is 12.3 Å². The molecule has 0 aromatic carbocycles. The van der Waals surface area contributed by atoms with E-state index in [4.69, 9.17) is 36.4 Å². The van der Waals surface area contributed by atoms with E-state index in [0.717, 1.165) is 5.57 Å². The summed E-state index contributed by atoms with van der Waals surface area (Å²) in [5.41, 5.74) is 8.37. The van der Waals surface area contributed by atoms with Gasteiger partial charge in [-0.15, -0.1) is 0 Å². The first-order valence-electron chi connectivity index (χ1n) is 10.2. The van der Waals surface area contributed by atoms with Crippen LogP contribution in [-0.4, -0.2) is 39.4 Å². The highest BCUT2D eigenvalue weighted by atomic mass is 35.5. The van der Waals surface area contributed by atoms with E-state index in [9.17, 15) is 8.96 Å². The van der Waals surface area contributed by atoms with Crippen LogP contribution in [0.2, 0.25) is 5.15 Å². The Balaban J connectivity index is 1.48. The second-order valence-corrected chi connectivity index (χ2v) is 8.73. The number of nitrogens with two attached hydrogens (primary N) is 1. The van der Waals surface area contributed by atoms with E-state index in [1.54, 1.807) is 30.5 Å². The summed E-state index contributed by atoms with van der Waals surface area (Å²) >= 11 is 5.68. The van der Waals surface area contributed by atoms with Crippen molar-refractivity contribution in [1.82, 2.24) is 20.8 Å². The number of aromatic nitrogens is 2. The normalized spacial score (nSPS) is 16.4. The van der Waals surface area contributed by atoms with Crippen LogP contribution in [0.15, 0.2) is 65.1 Å². The molecule has 0 spiro atoms. The van der Waals surface area contributed by atoms with E-state index in [1.165, 1.54) is 18.5 Å². The highest BCUT2D eigenvalue weighted by molar-refractivity contribution is 7.46. The molecular formula is C21H24ClFN5O6P. The molecule has 188 valence electrons. The quantitative estimate of drug-likeness (QED) is 0.0905. The molecule has 35 heavy (non-hydrogen) atoms. The molecule has 2 aromatic heterocycles. The van der Waals surface area contributed by atoms with Crippen molar-refractivity contribution >= 4 is 25.0 Å². The van der Waals surface area contributed by atoms with Gasteiger partial charge in [-0.05, 0) is 30.0 Å². The molecule has 1 aliphatic rings. The van der Waals surface area contributed by atoms with E-state index in [-0.39, 0.29) is 25.0 Å². The van der Waals surface area contributed by atoms with Crippen LogP contribution in [0.5, 0.6) is 0 Å². The number of dihydropyridines is 1. The third-order valence-corrected chi connectivity index (χ3v) is 5.30. The molecule has 6 N–H and O–H groups in total. The Morgan fingerprint density at radius 2 is 2.29 bits per heavy atom. The van der Waals surface area contributed by atoms with Crippen LogP contribution in [0, 0.1) is 5.82 Å². The minimum Gasteiger partial charge on any atom is -0.368 e. The maximum atomic E-state index is 13.9. The van der Waals surface area contributed by atoms with Crippen molar-refractivity contribution in [3.8, 4) is 0 Å². The van der Waals surface area contributed by atoms with Gasteiger partial charge in [-0.1, -0.05) is 28.9 Å². The molecule has 0 fully saturated rings. The molecule has 3 rings (SSSR count). The molecular weight excluding hydrogens is 504 g/mol. The first kappa shape index (κ1) is 26.8. The van der Waals surface area contributed by atoms with Crippen molar-refractivity contribution < 1.29 is 32.5 Å². The molecule has 3 heterocycles. The van der Waals surface area contributed by atoms with Crippen molar-refractivity contribution in [1.29, 1.82) is 0 Å². The third-order valence-electron chi connectivity index (χ3n) is 4.57. The van der Waals surface area contributed by atoms with E-state index < -0.39 is 19.9 Å². The van der Waals surface area contributed by atoms with Crippen LogP contribution in [0.25, 0.3) is 5.57 Å². The number of phosphoric acid groups is 1. The van der Waals surface area contributed by atoms with Gasteiger partial charge in [-0.2, -0.15) is 0 Å². The zero-order valence-corrected chi connectivity index (χ0v) is 20.0. The minimum absolute atomic E-state index is 0.0285. The molecule has 0 saturated heterocycles. The number of rotatable bonds is 12. The number of ether oxygens (including phenoxy) is 1. The number of halogens is 2. The molecule has 1 unspecified atom stereocenters. The Morgan fingerprint density at radius 3 is 3.00 bits per heavy atom. The number of nitrogens with zero attached hydrogens (tertiary/aromatic N) is 2. The molecule has 0 amide bonds. The summed E-state index contributed by atoms with van der Waals surface area (Å²) in [5.74, 6) is -0.107. The Labute approximate surface area is 205 Å². The second kappa shape index (κ2) is 12.8. The topological polar surface area (TPSA) is 165 Å². The highest BCUT2D eigenvalue weighted by Crippen LogP contribution is 2.34. The number of phosphoric ester groups is 1. The number of nitrogens with one attached hydrogen (secondary N) is 2. The summed E-state index contributed by atoms with van der Waals surface area (Å²) in [6.45, 7) is -0.137. The maximum Gasteiger partial charge on any atom is 0.471 e. The van der Waals surface area contributed by atoms with Gasteiger partial charge in [0.15, 0.2) is 16.7 Å². The van der Waals surface area contributed by atoms with Crippen molar-refractivity contribution in [2.45, 2.75) is 19.3 Å². The van der Waals surface area contributed by atoms with E-state index in [1.807, 2.05) is 6.08 Å². The molecule has 2 aromatic rings. The molecule has 0 aliphatic carbocycles. The van der Waals surface area contributed by atoms with E-state index in [0.29, 0.717) is 29.0 Å². The summed E-state index contributed by atoms with van der Waals surface area (Å²) < 4.78 is 39.8. The van der Waals surface area contributed by atoms with Gasteiger partial charge in [0.25, 0.3) is 0 Å². The summed E-state index contributed by atoms with van der Waals surface area (Å²) in [4.78, 5) is 20.9. The maximum absolute atomic E-state index is 13.9. The van der Waals surface area contributed by atoms with Crippen molar-refractivity contribution in [2.75, 3.05) is 13.3 Å². The van der Waals surface area contributed by atoms with E-state index in [2.05, 4.69) is 25.3 Å². The molecule has 0 radical (unpaired) electrons. The minimum atomic E-state index is -4.52. The van der Waals surface area contributed by atoms with Gasteiger partial charge in [-0.25, -0.2) is 13.9 Å².